The molecule has 0 aliphatic rings. The summed E-state index contributed by atoms with van der Waals surface area (Å²) in [4.78, 5) is 28.8. The number of ether oxygens (including phenoxy) is 1. The zero-order chi connectivity index (χ0) is 16.1. The Bertz CT molecular complexity index is 773. The van der Waals surface area contributed by atoms with E-state index < -0.39 is 5.97 Å². The number of carbonyl (C=O) groups is 1. The van der Waals surface area contributed by atoms with Crippen molar-refractivity contribution >= 4 is 44.6 Å². The highest BCUT2D eigenvalue weighted by molar-refractivity contribution is 9.10. The first-order valence-electron chi connectivity index (χ1n) is 6.66. The molecule has 0 saturated heterocycles. The van der Waals surface area contributed by atoms with Gasteiger partial charge in [-0.1, -0.05) is 33.8 Å². The number of hydrogen-bond donors (Lipinski definition) is 0. The molecule has 0 N–H and O–H groups in total. The monoisotopic (exact) mass is 382 g/mol. The van der Waals surface area contributed by atoms with Crippen molar-refractivity contribution < 1.29 is 9.53 Å². The summed E-state index contributed by atoms with van der Waals surface area (Å²) in [6.45, 7) is 5.51. The summed E-state index contributed by atoms with van der Waals surface area (Å²) < 4.78 is 7.12. The highest BCUT2D eigenvalue weighted by atomic mass is 79.9. The van der Waals surface area contributed by atoms with Crippen molar-refractivity contribution in [1.29, 1.82) is 0 Å². The second-order valence-electron chi connectivity index (χ2n) is 4.35. The first-order valence-corrected chi connectivity index (χ1v) is 8.44. The van der Waals surface area contributed by atoms with Crippen LogP contribution in [0.3, 0.4) is 0 Å². The Kier molecular flexibility index (Phi) is 5.79. The van der Waals surface area contributed by atoms with Gasteiger partial charge in [-0.2, -0.15) is 0 Å². The Balaban J connectivity index is 2.56. The van der Waals surface area contributed by atoms with E-state index >= 15 is 0 Å². The van der Waals surface area contributed by atoms with Crippen LogP contribution in [0.2, 0.25) is 0 Å². The Morgan fingerprint density at radius 2 is 2.32 bits per heavy atom. The summed E-state index contributed by atoms with van der Waals surface area (Å²) in [5.74, 6) is 0.137. The minimum absolute atomic E-state index is 0.148. The molecule has 0 saturated carbocycles. The van der Waals surface area contributed by atoms with E-state index in [-0.39, 0.29) is 18.7 Å². The van der Waals surface area contributed by atoms with E-state index in [1.54, 1.807) is 31.2 Å². The van der Waals surface area contributed by atoms with Gasteiger partial charge >= 0.3 is 5.97 Å². The van der Waals surface area contributed by atoms with Crippen LogP contribution in [0, 0.1) is 0 Å². The molecule has 22 heavy (non-hydrogen) atoms. The Labute approximate surface area is 140 Å². The average Bonchev–Trinajstić information content (AvgIpc) is 2.48. The number of thioether (sulfide) groups is 1. The summed E-state index contributed by atoms with van der Waals surface area (Å²) in [5.41, 5.74) is 0.336. The van der Waals surface area contributed by atoms with Crippen LogP contribution in [0.15, 0.2) is 45.3 Å². The van der Waals surface area contributed by atoms with Gasteiger partial charge in [0.25, 0.3) is 5.56 Å². The summed E-state index contributed by atoms with van der Waals surface area (Å²) in [7, 11) is 0. The average molecular weight is 383 g/mol. The SMILES string of the molecule is C=CCSc1nc2cc(Br)ccc2c(=O)n1CC(=O)OCC. The van der Waals surface area contributed by atoms with E-state index in [4.69, 9.17) is 4.74 Å². The number of halogens is 1. The lowest BCUT2D eigenvalue weighted by molar-refractivity contribution is -0.144. The fourth-order valence-electron chi connectivity index (χ4n) is 1.89. The van der Waals surface area contributed by atoms with Gasteiger partial charge in [0.1, 0.15) is 6.54 Å². The number of hydrogen-bond acceptors (Lipinski definition) is 5. The predicted molar refractivity (Wildman–Crippen MR) is 91.3 cm³/mol. The van der Waals surface area contributed by atoms with Gasteiger partial charge in [0.05, 0.1) is 17.5 Å². The maximum atomic E-state index is 12.6. The van der Waals surface area contributed by atoms with Crippen LogP contribution in [0.1, 0.15) is 6.92 Å². The lowest BCUT2D eigenvalue weighted by atomic mass is 10.2. The van der Waals surface area contributed by atoms with E-state index in [0.717, 1.165) is 4.47 Å². The van der Waals surface area contributed by atoms with Crippen molar-refractivity contribution in [3.63, 3.8) is 0 Å². The first kappa shape index (κ1) is 16.8. The summed E-state index contributed by atoms with van der Waals surface area (Å²) >= 11 is 4.72. The largest absolute Gasteiger partial charge is 0.465 e. The van der Waals surface area contributed by atoms with Crippen LogP contribution in [0.5, 0.6) is 0 Å². The smallest absolute Gasteiger partial charge is 0.326 e. The third kappa shape index (κ3) is 3.78. The van der Waals surface area contributed by atoms with Crippen LogP contribution in [0.25, 0.3) is 10.9 Å². The van der Waals surface area contributed by atoms with Crippen LogP contribution in [0.4, 0.5) is 0 Å². The standard InChI is InChI=1S/C15H15BrN2O3S/c1-3-7-22-15-17-12-8-10(16)5-6-11(12)14(20)18(15)9-13(19)21-4-2/h3,5-6,8H,1,4,7,9H2,2H3. The molecule has 5 nitrogen and oxygen atoms in total. The molecule has 0 bridgehead atoms. The zero-order valence-electron chi connectivity index (χ0n) is 12.0. The maximum Gasteiger partial charge on any atom is 0.326 e. The molecule has 0 radical (unpaired) electrons. The fraction of sp³-hybridized carbons (Fsp3) is 0.267. The predicted octanol–water partition coefficient (Wildman–Crippen LogP) is 3.00. The number of benzene rings is 1. The van der Waals surface area contributed by atoms with E-state index in [1.807, 2.05) is 0 Å². The third-order valence-electron chi connectivity index (χ3n) is 2.81. The van der Waals surface area contributed by atoms with Gasteiger partial charge < -0.3 is 4.74 Å². The molecule has 0 unspecified atom stereocenters. The van der Waals surface area contributed by atoms with Crippen molar-refractivity contribution in [2.75, 3.05) is 12.4 Å². The second kappa shape index (κ2) is 7.60. The molecule has 1 aromatic heterocycles. The normalized spacial score (nSPS) is 10.6. The molecule has 0 aliphatic carbocycles. The van der Waals surface area contributed by atoms with Gasteiger partial charge in [-0.05, 0) is 25.1 Å². The first-order chi connectivity index (χ1) is 10.6. The number of esters is 1. The fourth-order valence-corrected chi connectivity index (χ4v) is 2.97. The summed E-state index contributed by atoms with van der Waals surface area (Å²) in [6.07, 6.45) is 1.72. The van der Waals surface area contributed by atoms with Crippen molar-refractivity contribution in [3.8, 4) is 0 Å². The Morgan fingerprint density at radius 1 is 1.55 bits per heavy atom. The Hall–Kier alpha value is -1.60. The molecular weight excluding hydrogens is 368 g/mol. The van der Waals surface area contributed by atoms with Crippen molar-refractivity contribution in [3.05, 3.63) is 45.7 Å². The van der Waals surface area contributed by atoms with Crippen molar-refractivity contribution in [1.82, 2.24) is 9.55 Å². The highest BCUT2D eigenvalue weighted by Gasteiger charge is 2.15. The Morgan fingerprint density at radius 3 is 3.00 bits per heavy atom. The lowest BCUT2D eigenvalue weighted by Gasteiger charge is -2.12. The summed E-state index contributed by atoms with van der Waals surface area (Å²) in [6, 6.07) is 5.25. The number of rotatable bonds is 6. The molecule has 7 heteroatoms. The van der Waals surface area contributed by atoms with Gasteiger partial charge in [0, 0.05) is 10.2 Å². The quantitative estimate of drug-likeness (QED) is 0.332. The lowest BCUT2D eigenvalue weighted by Crippen LogP contribution is -2.28. The second-order valence-corrected chi connectivity index (χ2v) is 6.25. The van der Waals surface area contributed by atoms with Gasteiger partial charge in [0.15, 0.2) is 5.16 Å². The van der Waals surface area contributed by atoms with Gasteiger partial charge in [0.2, 0.25) is 0 Å². The summed E-state index contributed by atoms with van der Waals surface area (Å²) in [5, 5.41) is 0.944. The van der Waals surface area contributed by atoms with E-state index in [2.05, 4.69) is 27.5 Å². The minimum atomic E-state index is -0.455. The molecule has 0 spiro atoms. The van der Waals surface area contributed by atoms with Crippen molar-refractivity contribution in [2.45, 2.75) is 18.6 Å². The molecule has 2 rings (SSSR count). The van der Waals surface area contributed by atoms with Gasteiger partial charge in [-0.3, -0.25) is 14.2 Å². The van der Waals surface area contributed by atoms with Crippen LogP contribution >= 0.6 is 27.7 Å². The molecule has 0 fully saturated rings. The highest BCUT2D eigenvalue weighted by Crippen LogP contribution is 2.20. The number of carbonyl (C=O) groups excluding carboxylic acids is 1. The van der Waals surface area contributed by atoms with Crippen LogP contribution < -0.4 is 5.56 Å². The molecule has 0 amide bonds. The molecule has 0 atom stereocenters. The zero-order valence-corrected chi connectivity index (χ0v) is 14.4. The number of nitrogens with zero attached hydrogens (tertiary/aromatic N) is 2. The molecule has 0 aliphatic heterocycles. The molecule has 1 aromatic carbocycles. The van der Waals surface area contributed by atoms with E-state index in [9.17, 15) is 9.59 Å². The van der Waals surface area contributed by atoms with E-state index in [1.165, 1.54) is 16.3 Å². The van der Waals surface area contributed by atoms with Crippen LogP contribution in [-0.4, -0.2) is 27.9 Å². The molecular formula is C15H15BrN2O3S. The maximum absolute atomic E-state index is 12.6. The topological polar surface area (TPSA) is 61.2 Å². The van der Waals surface area contributed by atoms with Crippen LogP contribution in [-0.2, 0) is 16.1 Å². The van der Waals surface area contributed by atoms with E-state index in [0.29, 0.717) is 21.8 Å². The molecule has 1 heterocycles. The number of fused-ring (bicyclic) bond motifs is 1. The number of aromatic nitrogens is 2. The third-order valence-corrected chi connectivity index (χ3v) is 4.27. The van der Waals surface area contributed by atoms with Crippen molar-refractivity contribution in [2.24, 2.45) is 0 Å². The van der Waals surface area contributed by atoms with Gasteiger partial charge in [-0.25, -0.2) is 4.98 Å². The van der Waals surface area contributed by atoms with Gasteiger partial charge in [-0.15, -0.1) is 6.58 Å². The molecule has 2 aromatic rings. The molecule has 116 valence electrons. The minimum Gasteiger partial charge on any atom is -0.465 e.